The minimum absolute atomic E-state index is 0.0367. The van der Waals surface area contributed by atoms with Gasteiger partial charge in [-0.1, -0.05) is 26.0 Å². The van der Waals surface area contributed by atoms with E-state index in [0.717, 1.165) is 4.47 Å². The average molecular weight is 343 g/mol. The number of carbonyl (C=O) groups excluding carboxylic acids is 1. The maximum absolute atomic E-state index is 11.8. The van der Waals surface area contributed by atoms with Gasteiger partial charge in [-0.05, 0) is 40.4 Å². The van der Waals surface area contributed by atoms with Gasteiger partial charge < -0.3 is 10.4 Å². The number of aliphatic carboxylic acids is 1. The van der Waals surface area contributed by atoms with Crippen molar-refractivity contribution in [3.05, 3.63) is 28.7 Å². The van der Waals surface area contributed by atoms with E-state index in [0.29, 0.717) is 12.1 Å². The highest BCUT2D eigenvalue weighted by Gasteiger charge is 2.19. The average Bonchev–Trinajstić information content (AvgIpc) is 2.36. The predicted octanol–water partition coefficient (Wildman–Crippen LogP) is 2.48. The molecule has 5 nitrogen and oxygen atoms in total. The summed E-state index contributed by atoms with van der Waals surface area (Å²) < 4.78 is 0.783. The van der Waals surface area contributed by atoms with Gasteiger partial charge in [-0.15, -0.1) is 0 Å². The van der Waals surface area contributed by atoms with E-state index in [1.165, 1.54) is 0 Å². The SMILES string of the molecule is CC(C)CC(NCC(=O)Nc1ccccc1Br)C(=O)O. The van der Waals surface area contributed by atoms with Gasteiger partial charge in [0.1, 0.15) is 6.04 Å². The number of carboxylic acid groups (broad SMARTS) is 1. The number of carboxylic acids is 1. The quantitative estimate of drug-likeness (QED) is 0.711. The van der Waals surface area contributed by atoms with Crippen molar-refractivity contribution in [2.45, 2.75) is 26.3 Å². The van der Waals surface area contributed by atoms with Crippen LogP contribution in [0.4, 0.5) is 5.69 Å². The first-order valence-corrected chi connectivity index (χ1v) is 7.20. The Bertz CT molecular complexity index is 477. The number of para-hydroxylation sites is 1. The lowest BCUT2D eigenvalue weighted by Crippen LogP contribution is -2.42. The fourth-order valence-corrected chi connectivity index (χ4v) is 2.10. The zero-order valence-corrected chi connectivity index (χ0v) is 13.1. The van der Waals surface area contributed by atoms with Crippen molar-refractivity contribution >= 4 is 33.5 Å². The summed E-state index contributed by atoms with van der Waals surface area (Å²) in [6, 6.07) is 6.54. The molecule has 0 bridgehead atoms. The van der Waals surface area contributed by atoms with Gasteiger partial charge in [0.15, 0.2) is 0 Å². The topological polar surface area (TPSA) is 78.4 Å². The first-order chi connectivity index (χ1) is 9.40. The normalized spacial score (nSPS) is 12.2. The zero-order valence-electron chi connectivity index (χ0n) is 11.5. The second kappa shape index (κ2) is 8.01. The molecule has 0 saturated heterocycles. The lowest BCUT2D eigenvalue weighted by molar-refractivity contribution is -0.139. The van der Waals surface area contributed by atoms with Crippen LogP contribution in [-0.4, -0.2) is 29.6 Å². The van der Waals surface area contributed by atoms with Crippen LogP contribution in [0.1, 0.15) is 20.3 Å². The smallest absolute Gasteiger partial charge is 0.320 e. The van der Waals surface area contributed by atoms with Crippen LogP contribution in [0.25, 0.3) is 0 Å². The van der Waals surface area contributed by atoms with Crippen molar-refractivity contribution in [1.29, 1.82) is 0 Å². The second-order valence-corrected chi connectivity index (χ2v) is 5.78. The summed E-state index contributed by atoms with van der Waals surface area (Å²) in [5, 5.41) is 14.5. The van der Waals surface area contributed by atoms with Crippen LogP contribution < -0.4 is 10.6 Å². The maximum Gasteiger partial charge on any atom is 0.320 e. The highest BCUT2D eigenvalue weighted by atomic mass is 79.9. The standard InChI is InChI=1S/C14H19BrN2O3/c1-9(2)7-12(14(19)20)16-8-13(18)17-11-6-4-3-5-10(11)15/h3-6,9,12,16H,7-8H2,1-2H3,(H,17,18)(H,19,20). The van der Waals surface area contributed by atoms with Crippen LogP contribution >= 0.6 is 15.9 Å². The number of hydrogen-bond donors (Lipinski definition) is 3. The third kappa shape index (κ3) is 5.71. The Morgan fingerprint density at radius 3 is 2.50 bits per heavy atom. The molecule has 0 heterocycles. The Morgan fingerprint density at radius 1 is 1.30 bits per heavy atom. The highest BCUT2D eigenvalue weighted by molar-refractivity contribution is 9.10. The monoisotopic (exact) mass is 342 g/mol. The van der Waals surface area contributed by atoms with Crippen LogP contribution in [0.3, 0.4) is 0 Å². The summed E-state index contributed by atoms with van der Waals surface area (Å²) in [5.74, 6) is -0.964. The lowest BCUT2D eigenvalue weighted by atomic mass is 10.0. The van der Waals surface area contributed by atoms with Gasteiger partial charge in [0.25, 0.3) is 0 Å². The van der Waals surface area contributed by atoms with Gasteiger partial charge in [0, 0.05) is 4.47 Å². The molecule has 0 radical (unpaired) electrons. The zero-order chi connectivity index (χ0) is 15.1. The van der Waals surface area contributed by atoms with Crippen LogP contribution in [0.15, 0.2) is 28.7 Å². The van der Waals surface area contributed by atoms with Crippen molar-refractivity contribution in [3.63, 3.8) is 0 Å². The van der Waals surface area contributed by atoms with Gasteiger partial charge in [0.2, 0.25) is 5.91 Å². The summed E-state index contributed by atoms with van der Waals surface area (Å²) >= 11 is 3.33. The molecule has 1 amide bonds. The van der Waals surface area contributed by atoms with Crippen LogP contribution in [-0.2, 0) is 9.59 Å². The molecule has 0 saturated carbocycles. The molecule has 0 spiro atoms. The Labute approximate surface area is 126 Å². The van der Waals surface area contributed by atoms with E-state index >= 15 is 0 Å². The first-order valence-electron chi connectivity index (χ1n) is 6.40. The number of halogens is 1. The molecule has 0 aliphatic heterocycles. The molecular formula is C14H19BrN2O3. The first kappa shape index (κ1) is 16.7. The van der Waals surface area contributed by atoms with E-state index in [1.807, 2.05) is 32.0 Å². The van der Waals surface area contributed by atoms with Crippen molar-refractivity contribution < 1.29 is 14.7 Å². The fraction of sp³-hybridized carbons (Fsp3) is 0.429. The van der Waals surface area contributed by atoms with Crippen molar-refractivity contribution in [1.82, 2.24) is 5.32 Å². The molecule has 1 aromatic carbocycles. The molecule has 3 N–H and O–H groups in total. The van der Waals surface area contributed by atoms with Crippen LogP contribution in [0.2, 0.25) is 0 Å². The van der Waals surface area contributed by atoms with Gasteiger partial charge in [-0.3, -0.25) is 14.9 Å². The molecule has 1 rings (SSSR count). The molecule has 20 heavy (non-hydrogen) atoms. The van der Waals surface area contributed by atoms with Crippen molar-refractivity contribution in [2.75, 3.05) is 11.9 Å². The predicted molar refractivity (Wildman–Crippen MR) is 81.7 cm³/mol. The summed E-state index contributed by atoms with van der Waals surface area (Å²) in [6.45, 7) is 3.85. The van der Waals surface area contributed by atoms with E-state index < -0.39 is 12.0 Å². The van der Waals surface area contributed by atoms with E-state index in [2.05, 4.69) is 26.6 Å². The minimum atomic E-state index is -0.938. The van der Waals surface area contributed by atoms with Gasteiger partial charge in [-0.25, -0.2) is 0 Å². The number of rotatable bonds is 7. The van der Waals surface area contributed by atoms with E-state index in [-0.39, 0.29) is 18.4 Å². The Morgan fingerprint density at radius 2 is 1.95 bits per heavy atom. The number of hydrogen-bond acceptors (Lipinski definition) is 3. The van der Waals surface area contributed by atoms with Gasteiger partial charge in [-0.2, -0.15) is 0 Å². The van der Waals surface area contributed by atoms with Gasteiger partial charge in [0.05, 0.1) is 12.2 Å². The fourth-order valence-electron chi connectivity index (χ4n) is 1.72. The largest absolute Gasteiger partial charge is 0.480 e. The molecule has 0 aliphatic carbocycles. The van der Waals surface area contributed by atoms with E-state index in [4.69, 9.17) is 5.11 Å². The number of anilines is 1. The molecule has 0 fully saturated rings. The summed E-state index contributed by atoms with van der Waals surface area (Å²) in [4.78, 5) is 22.8. The molecule has 1 aromatic rings. The van der Waals surface area contributed by atoms with Crippen molar-refractivity contribution in [2.24, 2.45) is 5.92 Å². The third-order valence-corrected chi connectivity index (χ3v) is 3.35. The summed E-state index contributed by atoms with van der Waals surface area (Å²) in [7, 11) is 0. The van der Waals surface area contributed by atoms with Crippen LogP contribution in [0.5, 0.6) is 0 Å². The molecular weight excluding hydrogens is 324 g/mol. The molecule has 0 aliphatic rings. The van der Waals surface area contributed by atoms with Crippen molar-refractivity contribution in [3.8, 4) is 0 Å². The summed E-state index contributed by atoms with van der Waals surface area (Å²) in [6.07, 6.45) is 0.484. The Hall–Kier alpha value is -1.40. The maximum atomic E-state index is 11.8. The molecule has 1 atom stereocenters. The minimum Gasteiger partial charge on any atom is -0.480 e. The number of nitrogens with one attached hydrogen (secondary N) is 2. The highest BCUT2D eigenvalue weighted by Crippen LogP contribution is 2.20. The molecule has 0 aromatic heterocycles. The molecule has 1 unspecified atom stereocenters. The lowest BCUT2D eigenvalue weighted by Gasteiger charge is -2.16. The summed E-state index contributed by atoms with van der Waals surface area (Å²) in [5.41, 5.74) is 0.662. The van der Waals surface area contributed by atoms with Gasteiger partial charge >= 0.3 is 5.97 Å². The second-order valence-electron chi connectivity index (χ2n) is 4.93. The number of carbonyl (C=O) groups is 2. The Balaban J connectivity index is 2.50. The van der Waals surface area contributed by atoms with E-state index in [9.17, 15) is 9.59 Å². The van der Waals surface area contributed by atoms with E-state index in [1.54, 1.807) is 6.07 Å². The number of amides is 1. The Kier molecular flexibility index (Phi) is 6.67. The number of benzene rings is 1. The van der Waals surface area contributed by atoms with Crippen LogP contribution in [0, 0.1) is 5.92 Å². The molecule has 6 heteroatoms. The molecule has 110 valence electrons. The third-order valence-electron chi connectivity index (χ3n) is 2.66.